The molecular formula is C23H19N3O. The van der Waals surface area contributed by atoms with Gasteiger partial charge < -0.3 is 9.88 Å². The lowest BCUT2D eigenvalue weighted by Gasteiger charge is -2.09. The summed E-state index contributed by atoms with van der Waals surface area (Å²) in [6.45, 7) is 1.03. The predicted octanol–water partition coefficient (Wildman–Crippen LogP) is 4.90. The van der Waals surface area contributed by atoms with Gasteiger partial charge in [-0.2, -0.15) is 0 Å². The lowest BCUT2D eigenvalue weighted by Crippen LogP contribution is -2.11. The van der Waals surface area contributed by atoms with E-state index in [0.717, 1.165) is 47.1 Å². The van der Waals surface area contributed by atoms with Crippen LogP contribution in [0.2, 0.25) is 0 Å². The van der Waals surface area contributed by atoms with Gasteiger partial charge in [0.15, 0.2) is 0 Å². The first-order valence-electron chi connectivity index (χ1n) is 9.23. The summed E-state index contributed by atoms with van der Waals surface area (Å²) in [6.07, 6.45) is 4.16. The summed E-state index contributed by atoms with van der Waals surface area (Å²) < 4.78 is 2.28. The number of benzene rings is 3. The number of nitrogens with zero attached hydrogens (tertiary/aromatic N) is 2. The number of fused-ring (bicyclic) bond motifs is 2. The second-order valence-electron chi connectivity index (χ2n) is 6.91. The highest BCUT2D eigenvalue weighted by atomic mass is 16.1. The average Bonchev–Trinajstić information content (AvgIpc) is 3.32. The normalized spacial score (nSPS) is 12.9. The minimum Gasteiger partial charge on any atom is -0.328 e. The van der Waals surface area contributed by atoms with Crippen molar-refractivity contribution < 1.29 is 4.79 Å². The minimum absolute atomic E-state index is 0.0984. The zero-order valence-electron chi connectivity index (χ0n) is 14.9. The molecule has 2 heterocycles. The largest absolute Gasteiger partial charge is 0.328 e. The van der Waals surface area contributed by atoms with Crippen molar-refractivity contribution in [3.63, 3.8) is 0 Å². The molecule has 0 aliphatic carbocycles. The number of carbonyl (C=O) groups is 1. The molecule has 4 heteroatoms. The molecule has 1 amide bonds. The molecule has 4 nitrogen and oxygen atoms in total. The number of nitrogens with one attached hydrogen (secondary N) is 1. The molecule has 1 N–H and O–H groups in total. The molecule has 1 aliphatic heterocycles. The molecule has 0 saturated carbocycles. The highest BCUT2D eigenvalue weighted by Gasteiger charge is 2.16. The Labute approximate surface area is 157 Å². The van der Waals surface area contributed by atoms with E-state index in [9.17, 15) is 4.79 Å². The summed E-state index contributed by atoms with van der Waals surface area (Å²) in [5, 5.41) is 5.18. The van der Waals surface area contributed by atoms with Crippen LogP contribution in [0, 0.1) is 0 Å². The van der Waals surface area contributed by atoms with Gasteiger partial charge in [0, 0.05) is 24.2 Å². The molecule has 1 aromatic heterocycles. The zero-order valence-corrected chi connectivity index (χ0v) is 14.9. The SMILES string of the molecule is O=C(Nc1ccc(-c2cnc3n2CCC3)cc1)c1ccc2ccccc2c1. The van der Waals surface area contributed by atoms with Gasteiger partial charge in [-0.05, 0) is 47.0 Å². The van der Waals surface area contributed by atoms with Crippen molar-refractivity contribution in [2.75, 3.05) is 5.32 Å². The third-order valence-corrected chi connectivity index (χ3v) is 5.17. The molecule has 132 valence electrons. The summed E-state index contributed by atoms with van der Waals surface area (Å²) in [7, 11) is 0. The molecule has 1 aliphatic rings. The van der Waals surface area contributed by atoms with E-state index in [1.54, 1.807) is 0 Å². The molecule has 27 heavy (non-hydrogen) atoms. The van der Waals surface area contributed by atoms with Crippen LogP contribution in [0.25, 0.3) is 22.0 Å². The fourth-order valence-electron chi connectivity index (χ4n) is 3.75. The lowest BCUT2D eigenvalue weighted by atomic mass is 10.1. The standard InChI is InChI=1S/C23H19N3O/c27-23(19-8-7-16-4-1-2-5-18(16)14-19)25-20-11-9-17(10-12-20)21-15-24-22-6-3-13-26(21)22/h1-2,4-5,7-12,14-15H,3,6,13H2,(H,25,27). The average molecular weight is 353 g/mol. The monoisotopic (exact) mass is 353 g/mol. The van der Waals surface area contributed by atoms with Crippen molar-refractivity contribution in [2.24, 2.45) is 0 Å². The minimum atomic E-state index is -0.0984. The van der Waals surface area contributed by atoms with Crippen LogP contribution in [0.1, 0.15) is 22.6 Å². The molecule has 5 rings (SSSR count). The molecule has 0 spiro atoms. The van der Waals surface area contributed by atoms with Crippen LogP contribution in [0.15, 0.2) is 72.9 Å². The van der Waals surface area contributed by atoms with Crippen LogP contribution in [-0.4, -0.2) is 15.5 Å². The first-order chi connectivity index (χ1) is 13.3. The Bertz CT molecular complexity index is 1140. The van der Waals surface area contributed by atoms with E-state index in [1.165, 1.54) is 5.82 Å². The Balaban J connectivity index is 1.36. The second-order valence-corrected chi connectivity index (χ2v) is 6.91. The Kier molecular flexibility index (Phi) is 3.75. The summed E-state index contributed by atoms with van der Waals surface area (Å²) in [4.78, 5) is 17.1. The Morgan fingerprint density at radius 2 is 1.78 bits per heavy atom. The molecule has 3 aromatic carbocycles. The smallest absolute Gasteiger partial charge is 0.255 e. The van der Waals surface area contributed by atoms with Gasteiger partial charge in [-0.15, -0.1) is 0 Å². The summed E-state index contributed by atoms with van der Waals surface area (Å²) >= 11 is 0. The second kappa shape index (κ2) is 6.40. The van der Waals surface area contributed by atoms with Crippen molar-refractivity contribution in [1.29, 1.82) is 0 Å². The summed E-state index contributed by atoms with van der Waals surface area (Å²) in [5.74, 6) is 1.07. The highest BCUT2D eigenvalue weighted by molar-refractivity contribution is 6.06. The number of hydrogen-bond acceptors (Lipinski definition) is 2. The van der Waals surface area contributed by atoms with Gasteiger partial charge >= 0.3 is 0 Å². The van der Waals surface area contributed by atoms with Gasteiger partial charge in [0.25, 0.3) is 5.91 Å². The van der Waals surface area contributed by atoms with Crippen LogP contribution in [0.3, 0.4) is 0 Å². The number of amides is 1. The topological polar surface area (TPSA) is 46.9 Å². The number of hydrogen-bond donors (Lipinski definition) is 1. The Morgan fingerprint density at radius 3 is 2.63 bits per heavy atom. The number of rotatable bonds is 3. The van der Waals surface area contributed by atoms with Crippen molar-refractivity contribution in [1.82, 2.24) is 9.55 Å². The zero-order chi connectivity index (χ0) is 18.2. The van der Waals surface area contributed by atoms with E-state index in [4.69, 9.17) is 0 Å². The van der Waals surface area contributed by atoms with E-state index >= 15 is 0 Å². The summed E-state index contributed by atoms with van der Waals surface area (Å²) in [6, 6.07) is 21.8. The van der Waals surface area contributed by atoms with Gasteiger partial charge in [0.05, 0.1) is 11.9 Å². The van der Waals surface area contributed by atoms with E-state index in [1.807, 2.05) is 72.9 Å². The molecule has 0 bridgehead atoms. The van der Waals surface area contributed by atoms with Crippen molar-refractivity contribution >= 4 is 22.4 Å². The number of aryl methyl sites for hydroxylation is 1. The molecular weight excluding hydrogens is 334 g/mol. The number of anilines is 1. The van der Waals surface area contributed by atoms with Crippen LogP contribution >= 0.6 is 0 Å². The van der Waals surface area contributed by atoms with Gasteiger partial charge in [-0.25, -0.2) is 4.98 Å². The first-order valence-corrected chi connectivity index (χ1v) is 9.23. The van der Waals surface area contributed by atoms with E-state index in [0.29, 0.717) is 5.56 Å². The lowest BCUT2D eigenvalue weighted by molar-refractivity contribution is 0.102. The number of imidazole rings is 1. The Hall–Kier alpha value is -3.40. The maximum atomic E-state index is 12.6. The maximum absolute atomic E-state index is 12.6. The van der Waals surface area contributed by atoms with E-state index in [-0.39, 0.29) is 5.91 Å². The number of aromatic nitrogens is 2. The molecule has 4 aromatic rings. The quantitative estimate of drug-likeness (QED) is 0.569. The van der Waals surface area contributed by atoms with Crippen molar-refractivity contribution in [3.05, 3.63) is 84.3 Å². The highest BCUT2D eigenvalue weighted by Crippen LogP contribution is 2.26. The van der Waals surface area contributed by atoms with Crippen LogP contribution < -0.4 is 5.32 Å². The van der Waals surface area contributed by atoms with Crippen molar-refractivity contribution in [3.8, 4) is 11.3 Å². The molecule has 0 atom stereocenters. The maximum Gasteiger partial charge on any atom is 0.255 e. The van der Waals surface area contributed by atoms with E-state index in [2.05, 4.69) is 14.9 Å². The predicted molar refractivity (Wildman–Crippen MR) is 108 cm³/mol. The molecule has 0 unspecified atom stereocenters. The Morgan fingerprint density at radius 1 is 0.963 bits per heavy atom. The van der Waals surface area contributed by atoms with Crippen LogP contribution in [-0.2, 0) is 13.0 Å². The van der Waals surface area contributed by atoms with Gasteiger partial charge in [-0.3, -0.25) is 4.79 Å². The fourth-order valence-corrected chi connectivity index (χ4v) is 3.75. The third-order valence-electron chi connectivity index (χ3n) is 5.17. The van der Waals surface area contributed by atoms with Crippen molar-refractivity contribution in [2.45, 2.75) is 19.4 Å². The third kappa shape index (κ3) is 2.89. The van der Waals surface area contributed by atoms with Gasteiger partial charge in [0.1, 0.15) is 5.82 Å². The molecule has 0 fully saturated rings. The first kappa shape index (κ1) is 15.8. The number of carbonyl (C=O) groups excluding carboxylic acids is 1. The van der Waals surface area contributed by atoms with E-state index < -0.39 is 0 Å². The summed E-state index contributed by atoms with van der Waals surface area (Å²) in [5.41, 5.74) is 3.72. The van der Waals surface area contributed by atoms with Gasteiger partial charge in [-0.1, -0.05) is 42.5 Å². The van der Waals surface area contributed by atoms with Gasteiger partial charge in [0.2, 0.25) is 0 Å². The van der Waals surface area contributed by atoms with Crippen LogP contribution in [0.4, 0.5) is 5.69 Å². The molecule has 0 saturated heterocycles. The molecule has 0 radical (unpaired) electrons. The fraction of sp³-hybridized carbons (Fsp3) is 0.130. The van der Waals surface area contributed by atoms with Crippen LogP contribution in [0.5, 0.6) is 0 Å².